The number of oxime groups is 1. The lowest BCUT2D eigenvalue weighted by Crippen LogP contribution is -2.16. The predicted octanol–water partition coefficient (Wildman–Crippen LogP) is 5.88. The van der Waals surface area contributed by atoms with Gasteiger partial charge in [-0.3, -0.25) is 4.79 Å². The van der Waals surface area contributed by atoms with Gasteiger partial charge in [-0.05, 0) is 48.9 Å². The molecule has 0 fully saturated rings. The number of carbonyl (C=O) groups excluding carboxylic acids is 1. The summed E-state index contributed by atoms with van der Waals surface area (Å²) in [4.78, 5) is 17.0. The van der Waals surface area contributed by atoms with Crippen LogP contribution in [0.1, 0.15) is 16.7 Å². The van der Waals surface area contributed by atoms with E-state index in [1.807, 2.05) is 43.3 Å². The molecule has 6 nitrogen and oxygen atoms in total. The number of benzene rings is 3. The lowest BCUT2D eigenvalue weighted by atomic mass is 10.2. The zero-order valence-corrected chi connectivity index (χ0v) is 19.1. The minimum Gasteiger partial charge on any atom is -0.493 e. The van der Waals surface area contributed by atoms with Gasteiger partial charge in [0, 0.05) is 16.3 Å². The number of aryl methyl sites for hydroxylation is 1. The summed E-state index contributed by atoms with van der Waals surface area (Å²) in [5, 5.41) is 7.58. The minimum atomic E-state index is -0.312. The first-order valence-corrected chi connectivity index (χ1v) is 10.5. The summed E-state index contributed by atoms with van der Waals surface area (Å²) in [6.07, 6.45) is 1.44. The molecule has 0 aromatic heterocycles. The third-order valence-electron chi connectivity index (χ3n) is 4.36. The van der Waals surface area contributed by atoms with Gasteiger partial charge in [-0.15, -0.1) is 0 Å². The summed E-state index contributed by atoms with van der Waals surface area (Å²) in [7, 11) is 1.52. The summed E-state index contributed by atoms with van der Waals surface area (Å²) < 4.78 is 11.2. The molecule has 0 spiro atoms. The predicted molar refractivity (Wildman–Crippen MR) is 127 cm³/mol. The second kappa shape index (κ2) is 11.4. The number of nitrogens with one attached hydrogen (secondary N) is 1. The number of ether oxygens (including phenoxy) is 2. The maximum Gasteiger partial charge on any atom is 0.265 e. The molecule has 0 radical (unpaired) electrons. The van der Waals surface area contributed by atoms with Gasteiger partial charge >= 0.3 is 0 Å². The van der Waals surface area contributed by atoms with Crippen LogP contribution >= 0.6 is 23.2 Å². The minimum absolute atomic E-state index is 0.225. The van der Waals surface area contributed by atoms with Gasteiger partial charge in [0.05, 0.1) is 18.3 Å². The van der Waals surface area contributed by atoms with Gasteiger partial charge in [-0.2, -0.15) is 0 Å². The summed E-state index contributed by atoms with van der Waals surface area (Å²) in [6.45, 7) is 2.06. The summed E-state index contributed by atoms with van der Waals surface area (Å²) in [6, 6.07) is 18.2. The number of carbonyl (C=O) groups is 1. The molecule has 1 N–H and O–H groups in total. The zero-order valence-electron chi connectivity index (χ0n) is 17.6. The van der Waals surface area contributed by atoms with Crippen LogP contribution in [0.25, 0.3) is 0 Å². The Labute approximate surface area is 196 Å². The zero-order chi connectivity index (χ0) is 22.9. The van der Waals surface area contributed by atoms with E-state index in [9.17, 15) is 4.79 Å². The monoisotopic (exact) mass is 472 g/mol. The van der Waals surface area contributed by atoms with E-state index in [2.05, 4.69) is 10.5 Å². The molecule has 0 saturated heterocycles. The molecule has 0 atom stereocenters. The quantitative estimate of drug-likeness (QED) is 0.311. The first-order valence-electron chi connectivity index (χ1n) is 9.71. The highest BCUT2D eigenvalue weighted by Crippen LogP contribution is 2.36. The van der Waals surface area contributed by atoms with Gasteiger partial charge in [0.2, 0.25) is 0 Å². The second-order valence-electron chi connectivity index (χ2n) is 6.87. The van der Waals surface area contributed by atoms with E-state index in [-0.39, 0.29) is 12.5 Å². The van der Waals surface area contributed by atoms with Crippen molar-refractivity contribution in [1.29, 1.82) is 0 Å². The number of amides is 1. The van der Waals surface area contributed by atoms with E-state index in [4.69, 9.17) is 37.5 Å². The molecule has 0 heterocycles. The van der Waals surface area contributed by atoms with Crippen LogP contribution in [0.15, 0.2) is 65.8 Å². The van der Waals surface area contributed by atoms with Crippen molar-refractivity contribution in [3.05, 3.63) is 87.4 Å². The van der Waals surface area contributed by atoms with Gasteiger partial charge in [0.25, 0.3) is 5.91 Å². The van der Waals surface area contributed by atoms with Crippen molar-refractivity contribution in [2.45, 2.75) is 13.5 Å². The molecule has 0 aliphatic heterocycles. The maximum atomic E-state index is 11.9. The van der Waals surface area contributed by atoms with E-state index in [1.165, 1.54) is 13.3 Å². The molecule has 3 aromatic rings. The maximum absolute atomic E-state index is 11.9. The second-order valence-corrected chi connectivity index (χ2v) is 7.72. The Morgan fingerprint density at radius 2 is 1.78 bits per heavy atom. The Morgan fingerprint density at radius 1 is 1.06 bits per heavy atom. The number of nitrogens with zero attached hydrogens (tertiary/aromatic N) is 1. The van der Waals surface area contributed by atoms with Crippen LogP contribution in [0.5, 0.6) is 11.5 Å². The summed E-state index contributed by atoms with van der Waals surface area (Å²) in [5.74, 6) is 0.553. The van der Waals surface area contributed by atoms with E-state index in [0.717, 1.165) is 11.1 Å². The van der Waals surface area contributed by atoms with Crippen molar-refractivity contribution in [2.75, 3.05) is 19.0 Å². The van der Waals surface area contributed by atoms with E-state index in [0.29, 0.717) is 39.4 Å². The van der Waals surface area contributed by atoms with Crippen LogP contribution in [0.3, 0.4) is 0 Å². The third kappa shape index (κ3) is 6.90. The van der Waals surface area contributed by atoms with Crippen LogP contribution in [-0.4, -0.2) is 25.8 Å². The topological polar surface area (TPSA) is 69.2 Å². The van der Waals surface area contributed by atoms with Crippen LogP contribution in [0, 0.1) is 6.92 Å². The highest BCUT2D eigenvalue weighted by Gasteiger charge is 2.12. The van der Waals surface area contributed by atoms with Crippen LogP contribution in [-0.2, 0) is 16.2 Å². The standard InChI is InChI=1S/C24H22Cl2N2O4/c1-16-3-9-20(10-4-16)28-23(29)15-32-27-13-18-11-21(26)24(22(12-18)30-2)31-14-17-5-7-19(25)8-6-17/h3-13H,14-15H2,1-2H3,(H,28,29)/b27-13+. The number of halogens is 2. The highest BCUT2D eigenvalue weighted by atomic mass is 35.5. The fourth-order valence-electron chi connectivity index (χ4n) is 2.72. The van der Waals surface area contributed by atoms with Crippen LogP contribution < -0.4 is 14.8 Å². The van der Waals surface area contributed by atoms with Gasteiger partial charge in [-0.25, -0.2) is 0 Å². The molecule has 0 bridgehead atoms. The third-order valence-corrected chi connectivity index (χ3v) is 4.89. The summed E-state index contributed by atoms with van der Waals surface area (Å²) in [5.41, 5.74) is 3.37. The normalized spacial score (nSPS) is 10.8. The fraction of sp³-hybridized carbons (Fsp3) is 0.167. The molecule has 8 heteroatoms. The van der Waals surface area contributed by atoms with Crippen molar-refractivity contribution in [1.82, 2.24) is 0 Å². The van der Waals surface area contributed by atoms with E-state index < -0.39 is 0 Å². The molecule has 0 aliphatic carbocycles. The van der Waals surface area contributed by atoms with Crippen LogP contribution in [0.2, 0.25) is 10.0 Å². The molecule has 32 heavy (non-hydrogen) atoms. The van der Waals surface area contributed by atoms with Gasteiger partial charge in [0.15, 0.2) is 18.1 Å². The average Bonchev–Trinajstić information content (AvgIpc) is 2.78. The molecule has 3 rings (SSSR count). The molecular formula is C24H22Cl2N2O4. The molecular weight excluding hydrogens is 451 g/mol. The smallest absolute Gasteiger partial charge is 0.265 e. The Kier molecular flexibility index (Phi) is 8.36. The molecule has 0 unspecified atom stereocenters. The number of hydrogen-bond donors (Lipinski definition) is 1. The lowest BCUT2D eigenvalue weighted by molar-refractivity contribution is -0.120. The Bertz CT molecular complexity index is 1080. The van der Waals surface area contributed by atoms with Crippen molar-refractivity contribution in [3.8, 4) is 11.5 Å². The van der Waals surface area contributed by atoms with Crippen molar-refractivity contribution >= 4 is 41.0 Å². The van der Waals surface area contributed by atoms with Gasteiger partial charge in [0.1, 0.15) is 6.61 Å². The summed E-state index contributed by atoms with van der Waals surface area (Å²) >= 11 is 12.3. The fourth-order valence-corrected chi connectivity index (χ4v) is 3.12. The first-order chi connectivity index (χ1) is 15.4. The van der Waals surface area contributed by atoms with Crippen molar-refractivity contribution in [2.24, 2.45) is 5.16 Å². The number of methoxy groups -OCH3 is 1. The molecule has 166 valence electrons. The first kappa shape index (κ1) is 23.4. The van der Waals surface area contributed by atoms with E-state index >= 15 is 0 Å². The average molecular weight is 473 g/mol. The Hall–Kier alpha value is -3.22. The van der Waals surface area contributed by atoms with Crippen LogP contribution in [0.4, 0.5) is 5.69 Å². The largest absolute Gasteiger partial charge is 0.493 e. The highest BCUT2D eigenvalue weighted by molar-refractivity contribution is 6.32. The Balaban J connectivity index is 1.56. The lowest BCUT2D eigenvalue weighted by Gasteiger charge is -2.13. The molecule has 3 aromatic carbocycles. The van der Waals surface area contributed by atoms with Crippen molar-refractivity contribution < 1.29 is 19.1 Å². The van der Waals surface area contributed by atoms with E-state index in [1.54, 1.807) is 24.3 Å². The number of hydrogen-bond acceptors (Lipinski definition) is 5. The number of rotatable bonds is 9. The number of anilines is 1. The molecule has 0 saturated carbocycles. The van der Waals surface area contributed by atoms with Gasteiger partial charge in [-0.1, -0.05) is 58.2 Å². The molecule has 1 amide bonds. The molecule has 0 aliphatic rings. The SMILES string of the molecule is COc1cc(/C=N/OCC(=O)Nc2ccc(C)cc2)cc(Cl)c1OCc1ccc(Cl)cc1. The Morgan fingerprint density at radius 3 is 2.47 bits per heavy atom. The van der Waals surface area contributed by atoms with Gasteiger partial charge < -0.3 is 19.6 Å². The van der Waals surface area contributed by atoms with Crippen molar-refractivity contribution in [3.63, 3.8) is 0 Å².